The molecular weight excluding hydrogens is 359 g/mol. The van der Waals surface area contributed by atoms with Crippen LogP contribution in [0.5, 0.6) is 0 Å². The van der Waals surface area contributed by atoms with Crippen molar-refractivity contribution < 1.29 is 0 Å². The summed E-state index contributed by atoms with van der Waals surface area (Å²) in [6, 6.07) is 7.91. The number of halogens is 3. The zero-order valence-electron chi connectivity index (χ0n) is 11.5. The Labute approximate surface area is 138 Å². The topological polar surface area (TPSA) is 17.8 Å². The van der Waals surface area contributed by atoms with Crippen molar-refractivity contribution in [2.24, 2.45) is 0 Å². The fourth-order valence-corrected chi connectivity index (χ4v) is 3.15. The first-order valence-electron chi connectivity index (χ1n) is 6.60. The van der Waals surface area contributed by atoms with Gasteiger partial charge in [-0.2, -0.15) is 5.10 Å². The van der Waals surface area contributed by atoms with Crippen LogP contribution in [0.25, 0.3) is 0 Å². The molecule has 1 aromatic heterocycles. The molecule has 1 aromatic carbocycles. The number of hydrogen-bond acceptors (Lipinski definition) is 1. The second kappa shape index (κ2) is 6.97. The third-order valence-electron chi connectivity index (χ3n) is 3.42. The summed E-state index contributed by atoms with van der Waals surface area (Å²) in [7, 11) is 0. The van der Waals surface area contributed by atoms with Crippen molar-refractivity contribution in [1.29, 1.82) is 0 Å². The molecule has 1 atom stereocenters. The molecule has 0 aliphatic carbocycles. The molecule has 5 heteroatoms. The van der Waals surface area contributed by atoms with Crippen molar-refractivity contribution >= 4 is 39.1 Å². The molecule has 0 aliphatic rings. The highest BCUT2D eigenvalue weighted by Gasteiger charge is 2.18. The van der Waals surface area contributed by atoms with Crippen LogP contribution in [0.2, 0.25) is 5.02 Å². The molecule has 0 saturated heterocycles. The highest BCUT2D eigenvalue weighted by Crippen LogP contribution is 2.29. The predicted molar refractivity (Wildman–Crippen MR) is 89.0 cm³/mol. The van der Waals surface area contributed by atoms with Gasteiger partial charge in [-0.25, -0.2) is 0 Å². The molecule has 2 rings (SSSR count). The largest absolute Gasteiger partial charge is 0.268 e. The van der Waals surface area contributed by atoms with Crippen molar-refractivity contribution in [2.45, 2.75) is 32.7 Å². The molecule has 108 valence electrons. The molecule has 0 spiro atoms. The Morgan fingerprint density at radius 3 is 2.50 bits per heavy atom. The lowest BCUT2D eigenvalue weighted by Crippen LogP contribution is -2.10. The van der Waals surface area contributed by atoms with Gasteiger partial charge < -0.3 is 0 Å². The molecular formula is C15H17BrCl2N2. The first-order chi connectivity index (χ1) is 9.56. The number of aromatic nitrogens is 2. The van der Waals surface area contributed by atoms with E-state index in [1.807, 2.05) is 35.9 Å². The van der Waals surface area contributed by atoms with E-state index in [9.17, 15) is 0 Å². The van der Waals surface area contributed by atoms with Gasteiger partial charge in [0, 0.05) is 23.4 Å². The van der Waals surface area contributed by atoms with Crippen LogP contribution in [0.3, 0.4) is 0 Å². The van der Waals surface area contributed by atoms with E-state index in [1.165, 1.54) is 11.3 Å². The first kappa shape index (κ1) is 15.9. The van der Waals surface area contributed by atoms with Gasteiger partial charge in [0.25, 0.3) is 0 Å². The van der Waals surface area contributed by atoms with Gasteiger partial charge in [0.05, 0.1) is 15.9 Å². The fraction of sp³-hybridized carbons (Fsp3) is 0.400. The summed E-state index contributed by atoms with van der Waals surface area (Å²) in [4.78, 5) is 0. The van der Waals surface area contributed by atoms with Crippen molar-refractivity contribution in [2.75, 3.05) is 5.88 Å². The molecule has 1 heterocycles. The normalized spacial score (nSPS) is 12.7. The summed E-state index contributed by atoms with van der Waals surface area (Å²) >= 11 is 15.7. The van der Waals surface area contributed by atoms with Gasteiger partial charge in [-0.05, 0) is 53.9 Å². The number of aryl methyl sites for hydroxylation is 2. The monoisotopic (exact) mass is 374 g/mol. The van der Waals surface area contributed by atoms with E-state index in [0.29, 0.717) is 5.88 Å². The third-order valence-corrected chi connectivity index (χ3v) is 5.08. The van der Waals surface area contributed by atoms with Gasteiger partial charge in [0.1, 0.15) is 0 Å². The Morgan fingerprint density at radius 1 is 1.30 bits per heavy atom. The van der Waals surface area contributed by atoms with E-state index >= 15 is 0 Å². The minimum atomic E-state index is 0.256. The minimum Gasteiger partial charge on any atom is -0.268 e. The Balaban J connectivity index is 2.28. The Hall–Kier alpha value is -0.510. The highest BCUT2D eigenvalue weighted by molar-refractivity contribution is 9.10. The van der Waals surface area contributed by atoms with Crippen LogP contribution in [0.1, 0.15) is 29.8 Å². The van der Waals surface area contributed by atoms with Crippen LogP contribution in [0, 0.1) is 6.92 Å². The molecule has 0 amide bonds. The van der Waals surface area contributed by atoms with Crippen LogP contribution in [0.4, 0.5) is 0 Å². The Kier molecular flexibility index (Phi) is 5.53. The van der Waals surface area contributed by atoms with Gasteiger partial charge >= 0.3 is 0 Å². The number of hydrogen-bond donors (Lipinski definition) is 0. The summed E-state index contributed by atoms with van der Waals surface area (Å²) in [5.41, 5.74) is 3.43. The zero-order valence-corrected chi connectivity index (χ0v) is 14.6. The van der Waals surface area contributed by atoms with E-state index in [0.717, 1.165) is 28.2 Å². The average Bonchev–Trinajstić information content (AvgIpc) is 2.73. The first-order valence-corrected chi connectivity index (χ1v) is 8.30. The minimum absolute atomic E-state index is 0.256. The molecule has 0 bridgehead atoms. The summed E-state index contributed by atoms with van der Waals surface area (Å²) in [6.07, 6.45) is 0.862. The maximum atomic E-state index is 6.17. The quantitative estimate of drug-likeness (QED) is 0.657. The maximum Gasteiger partial charge on any atom is 0.0738 e. The fourth-order valence-electron chi connectivity index (χ4n) is 2.29. The highest BCUT2D eigenvalue weighted by atomic mass is 79.9. The standard InChI is InChI=1S/C15H17BrCl2N2/c1-3-20-14(15(16)10(2)19-20)8-12(9-17)11-4-6-13(18)7-5-11/h4-7,12H,3,8-9H2,1-2H3. The molecule has 0 radical (unpaired) electrons. The molecule has 2 nitrogen and oxygen atoms in total. The Morgan fingerprint density at radius 2 is 1.95 bits per heavy atom. The van der Waals surface area contributed by atoms with Crippen LogP contribution < -0.4 is 0 Å². The third kappa shape index (κ3) is 3.38. The van der Waals surface area contributed by atoms with Gasteiger partial charge in [-0.15, -0.1) is 11.6 Å². The van der Waals surface area contributed by atoms with Crippen LogP contribution >= 0.6 is 39.1 Å². The molecule has 1 unspecified atom stereocenters. The SMILES string of the molecule is CCn1nc(C)c(Br)c1CC(CCl)c1ccc(Cl)cc1. The lowest BCUT2D eigenvalue weighted by molar-refractivity contribution is 0.595. The van der Waals surface area contributed by atoms with Crippen LogP contribution in [-0.4, -0.2) is 15.7 Å². The lowest BCUT2D eigenvalue weighted by atomic mass is 9.96. The molecule has 0 aliphatic heterocycles. The van der Waals surface area contributed by atoms with Crippen molar-refractivity contribution in [3.05, 3.63) is 50.7 Å². The van der Waals surface area contributed by atoms with Crippen molar-refractivity contribution in [1.82, 2.24) is 9.78 Å². The number of rotatable bonds is 5. The number of benzene rings is 1. The van der Waals surface area contributed by atoms with E-state index in [4.69, 9.17) is 23.2 Å². The second-order valence-electron chi connectivity index (χ2n) is 4.77. The molecule has 2 aromatic rings. The smallest absolute Gasteiger partial charge is 0.0738 e. The lowest BCUT2D eigenvalue weighted by Gasteiger charge is -2.16. The van der Waals surface area contributed by atoms with Gasteiger partial charge in [0.2, 0.25) is 0 Å². The average molecular weight is 376 g/mol. The predicted octanol–water partition coefficient (Wildman–Crippen LogP) is 5.19. The molecule has 0 fully saturated rings. The number of nitrogens with zero attached hydrogens (tertiary/aromatic N) is 2. The van der Waals surface area contributed by atoms with E-state index in [1.54, 1.807) is 0 Å². The second-order valence-corrected chi connectivity index (χ2v) is 6.31. The van der Waals surface area contributed by atoms with Crippen LogP contribution in [0.15, 0.2) is 28.7 Å². The summed E-state index contributed by atoms with van der Waals surface area (Å²) in [5, 5.41) is 5.28. The van der Waals surface area contributed by atoms with E-state index < -0.39 is 0 Å². The van der Waals surface area contributed by atoms with Crippen molar-refractivity contribution in [3.63, 3.8) is 0 Å². The van der Waals surface area contributed by atoms with Crippen LogP contribution in [-0.2, 0) is 13.0 Å². The van der Waals surface area contributed by atoms with Gasteiger partial charge in [0.15, 0.2) is 0 Å². The zero-order chi connectivity index (χ0) is 14.7. The van der Waals surface area contributed by atoms with Gasteiger partial charge in [-0.3, -0.25) is 4.68 Å². The van der Waals surface area contributed by atoms with Gasteiger partial charge in [-0.1, -0.05) is 23.7 Å². The Bertz CT molecular complexity index is 578. The van der Waals surface area contributed by atoms with E-state index in [2.05, 4.69) is 28.0 Å². The maximum absolute atomic E-state index is 6.17. The summed E-state index contributed by atoms with van der Waals surface area (Å²) in [5.74, 6) is 0.828. The molecule has 20 heavy (non-hydrogen) atoms. The van der Waals surface area contributed by atoms with Crippen molar-refractivity contribution in [3.8, 4) is 0 Å². The summed E-state index contributed by atoms with van der Waals surface area (Å²) in [6.45, 7) is 4.97. The summed E-state index contributed by atoms with van der Waals surface area (Å²) < 4.78 is 3.12. The van der Waals surface area contributed by atoms with E-state index in [-0.39, 0.29) is 5.92 Å². The molecule has 0 saturated carbocycles. The molecule has 0 N–H and O–H groups in total. The number of alkyl halides is 1.